The summed E-state index contributed by atoms with van der Waals surface area (Å²) in [6, 6.07) is 7.37. The van der Waals surface area contributed by atoms with E-state index in [1.807, 2.05) is 32.0 Å². The standard InChI is InChI=1S/C23H27F3N6O2/c1-5-12-31(13-19(33)28-18-9-7-6-8-14(18)2)20(34)11-10-17-15(3)27-22-29-21(23(24,25)26)30-32(22)16(17)4/h6-9H,5,10-13H2,1-4H3,(H,28,33). The molecule has 1 aromatic carbocycles. The van der Waals surface area contributed by atoms with Crippen molar-refractivity contribution in [2.75, 3.05) is 18.4 Å². The highest BCUT2D eigenvalue weighted by molar-refractivity contribution is 5.95. The molecule has 0 saturated heterocycles. The topological polar surface area (TPSA) is 92.5 Å². The molecule has 182 valence electrons. The molecule has 0 spiro atoms. The average Bonchev–Trinajstić information content (AvgIpc) is 3.19. The second kappa shape index (κ2) is 10.2. The number of anilines is 1. The minimum Gasteiger partial charge on any atom is -0.333 e. The van der Waals surface area contributed by atoms with Gasteiger partial charge in [0.2, 0.25) is 11.8 Å². The van der Waals surface area contributed by atoms with E-state index in [9.17, 15) is 22.8 Å². The van der Waals surface area contributed by atoms with Gasteiger partial charge in [0.15, 0.2) is 0 Å². The average molecular weight is 477 g/mol. The number of para-hydroxylation sites is 1. The van der Waals surface area contributed by atoms with Gasteiger partial charge in [0.05, 0.1) is 6.54 Å². The van der Waals surface area contributed by atoms with E-state index in [-0.39, 0.29) is 37.0 Å². The minimum absolute atomic E-state index is 0.0767. The summed E-state index contributed by atoms with van der Waals surface area (Å²) in [5.41, 5.74) is 3.16. The highest BCUT2D eigenvalue weighted by Crippen LogP contribution is 2.27. The lowest BCUT2D eigenvalue weighted by atomic mass is 10.1. The number of hydrogen-bond donors (Lipinski definition) is 1. The van der Waals surface area contributed by atoms with E-state index in [0.29, 0.717) is 35.6 Å². The van der Waals surface area contributed by atoms with E-state index >= 15 is 0 Å². The van der Waals surface area contributed by atoms with Crippen LogP contribution in [0.2, 0.25) is 0 Å². The number of aryl methyl sites for hydroxylation is 3. The predicted molar refractivity (Wildman–Crippen MR) is 120 cm³/mol. The summed E-state index contributed by atoms with van der Waals surface area (Å²) in [6.07, 6.45) is -3.68. The van der Waals surface area contributed by atoms with Gasteiger partial charge in [-0.15, -0.1) is 5.10 Å². The van der Waals surface area contributed by atoms with Crippen molar-refractivity contribution < 1.29 is 22.8 Å². The zero-order chi connectivity index (χ0) is 25.0. The van der Waals surface area contributed by atoms with Crippen molar-refractivity contribution in [2.24, 2.45) is 0 Å². The molecule has 2 heterocycles. The molecule has 8 nitrogen and oxygen atoms in total. The zero-order valence-corrected chi connectivity index (χ0v) is 19.5. The lowest BCUT2D eigenvalue weighted by Gasteiger charge is -2.22. The first kappa shape index (κ1) is 25.1. The summed E-state index contributed by atoms with van der Waals surface area (Å²) in [7, 11) is 0. The Morgan fingerprint density at radius 3 is 2.47 bits per heavy atom. The molecule has 0 saturated carbocycles. The van der Waals surface area contributed by atoms with Crippen LogP contribution in [0.5, 0.6) is 0 Å². The van der Waals surface area contributed by atoms with E-state index in [2.05, 4.69) is 20.4 Å². The van der Waals surface area contributed by atoms with Crippen LogP contribution in [0.15, 0.2) is 24.3 Å². The summed E-state index contributed by atoms with van der Waals surface area (Å²) >= 11 is 0. The smallest absolute Gasteiger partial charge is 0.333 e. The molecule has 11 heteroatoms. The normalized spacial score (nSPS) is 11.6. The van der Waals surface area contributed by atoms with Crippen LogP contribution in [0, 0.1) is 20.8 Å². The third-order valence-electron chi connectivity index (χ3n) is 5.49. The van der Waals surface area contributed by atoms with Gasteiger partial charge in [-0.1, -0.05) is 25.1 Å². The fourth-order valence-electron chi connectivity index (χ4n) is 3.72. The molecule has 3 aromatic rings. The molecule has 0 atom stereocenters. The third-order valence-corrected chi connectivity index (χ3v) is 5.49. The van der Waals surface area contributed by atoms with Crippen LogP contribution in [0.4, 0.5) is 18.9 Å². The highest BCUT2D eigenvalue weighted by Gasteiger charge is 2.37. The summed E-state index contributed by atoms with van der Waals surface area (Å²) in [5.74, 6) is -1.92. The van der Waals surface area contributed by atoms with Gasteiger partial charge >= 0.3 is 6.18 Å². The minimum atomic E-state index is -4.68. The number of alkyl halides is 3. The third kappa shape index (κ3) is 5.70. The van der Waals surface area contributed by atoms with E-state index in [0.717, 1.165) is 10.1 Å². The largest absolute Gasteiger partial charge is 0.453 e. The summed E-state index contributed by atoms with van der Waals surface area (Å²) in [6.45, 7) is 7.40. The number of benzene rings is 1. The number of rotatable bonds is 8. The van der Waals surface area contributed by atoms with Crippen LogP contribution in [0.1, 0.15) is 48.1 Å². The Labute approximate surface area is 195 Å². The molecule has 0 aliphatic heterocycles. The first-order chi connectivity index (χ1) is 16.0. The zero-order valence-electron chi connectivity index (χ0n) is 19.5. The van der Waals surface area contributed by atoms with Crippen LogP contribution in [0.3, 0.4) is 0 Å². The van der Waals surface area contributed by atoms with E-state index in [4.69, 9.17) is 0 Å². The molecule has 2 amide bonds. The SMILES string of the molecule is CCCN(CC(=O)Nc1ccccc1C)C(=O)CCc1c(C)nc2nc(C(F)(F)F)nn2c1C. The molecule has 1 N–H and O–H groups in total. The van der Waals surface area contributed by atoms with Gasteiger partial charge in [0, 0.05) is 30.0 Å². The molecule has 3 rings (SSSR count). The fourth-order valence-corrected chi connectivity index (χ4v) is 3.72. The van der Waals surface area contributed by atoms with Gasteiger partial charge < -0.3 is 10.2 Å². The maximum Gasteiger partial charge on any atom is 0.453 e. The van der Waals surface area contributed by atoms with Crippen molar-refractivity contribution >= 4 is 23.3 Å². The summed E-state index contributed by atoms with van der Waals surface area (Å²) in [4.78, 5) is 34.6. The number of carbonyl (C=O) groups is 2. The number of nitrogens with one attached hydrogen (secondary N) is 1. The first-order valence-corrected chi connectivity index (χ1v) is 10.9. The van der Waals surface area contributed by atoms with Crippen LogP contribution in [0.25, 0.3) is 5.78 Å². The van der Waals surface area contributed by atoms with Gasteiger partial charge in [-0.2, -0.15) is 18.2 Å². The Kier molecular flexibility index (Phi) is 7.53. The molecule has 0 fully saturated rings. The summed E-state index contributed by atoms with van der Waals surface area (Å²) < 4.78 is 40.0. The Balaban J connectivity index is 1.71. The second-order valence-corrected chi connectivity index (χ2v) is 8.08. The van der Waals surface area contributed by atoms with Crippen molar-refractivity contribution in [3.05, 3.63) is 52.6 Å². The molecule has 0 unspecified atom stereocenters. The Hall–Kier alpha value is -3.50. The van der Waals surface area contributed by atoms with Crippen molar-refractivity contribution in [3.63, 3.8) is 0 Å². The monoisotopic (exact) mass is 476 g/mol. The molecule has 0 aliphatic carbocycles. The molecular formula is C23H27F3N6O2. The number of halogens is 3. The predicted octanol–water partition coefficient (Wildman–Crippen LogP) is 3.88. The highest BCUT2D eigenvalue weighted by atomic mass is 19.4. The van der Waals surface area contributed by atoms with E-state index in [1.54, 1.807) is 19.9 Å². The molecule has 2 aromatic heterocycles. The molecular weight excluding hydrogens is 449 g/mol. The molecule has 0 aliphatic rings. The van der Waals surface area contributed by atoms with Gasteiger partial charge in [0.25, 0.3) is 11.6 Å². The number of carbonyl (C=O) groups excluding carboxylic acids is 2. The van der Waals surface area contributed by atoms with Crippen LogP contribution >= 0.6 is 0 Å². The molecule has 0 radical (unpaired) electrons. The Bertz CT molecular complexity index is 1210. The van der Waals surface area contributed by atoms with Crippen molar-refractivity contribution in [2.45, 2.75) is 53.1 Å². The maximum atomic E-state index is 13.0. The van der Waals surface area contributed by atoms with E-state index in [1.165, 1.54) is 4.90 Å². The lowest BCUT2D eigenvalue weighted by Crippen LogP contribution is -2.38. The molecule has 34 heavy (non-hydrogen) atoms. The number of fused-ring (bicyclic) bond motifs is 1. The maximum absolute atomic E-state index is 13.0. The quantitative estimate of drug-likeness (QED) is 0.533. The fraction of sp³-hybridized carbons (Fsp3) is 0.435. The Morgan fingerprint density at radius 1 is 1.12 bits per heavy atom. The van der Waals surface area contributed by atoms with Gasteiger partial charge in [-0.3, -0.25) is 9.59 Å². The van der Waals surface area contributed by atoms with E-state index < -0.39 is 12.0 Å². The van der Waals surface area contributed by atoms with Crippen LogP contribution < -0.4 is 5.32 Å². The Morgan fingerprint density at radius 2 is 1.82 bits per heavy atom. The van der Waals surface area contributed by atoms with Gasteiger partial charge in [0.1, 0.15) is 0 Å². The number of nitrogens with zero attached hydrogens (tertiary/aromatic N) is 5. The molecule has 0 bridgehead atoms. The van der Waals surface area contributed by atoms with Gasteiger partial charge in [-0.05, 0) is 50.8 Å². The van der Waals surface area contributed by atoms with Gasteiger partial charge in [-0.25, -0.2) is 9.50 Å². The van der Waals surface area contributed by atoms with Crippen molar-refractivity contribution in [1.82, 2.24) is 24.5 Å². The lowest BCUT2D eigenvalue weighted by molar-refractivity contribution is -0.144. The summed E-state index contributed by atoms with van der Waals surface area (Å²) in [5, 5.41) is 6.36. The van der Waals surface area contributed by atoms with Crippen LogP contribution in [-0.4, -0.2) is 49.4 Å². The second-order valence-electron chi connectivity index (χ2n) is 8.08. The van der Waals surface area contributed by atoms with Crippen molar-refractivity contribution in [1.29, 1.82) is 0 Å². The van der Waals surface area contributed by atoms with Crippen LogP contribution in [-0.2, 0) is 22.2 Å². The number of amides is 2. The number of aromatic nitrogens is 4. The number of hydrogen-bond acceptors (Lipinski definition) is 5. The van der Waals surface area contributed by atoms with Crippen molar-refractivity contribution in [3.8, 4) is 0 Å². The first-order valence-electron chi connectivity index (χ1n) is 10.9.